The lowest BCUT2D eigenvalue weighted by molar-refractivity contribution is -0.137. The molecule has 0 fully saturated rings. The molecule has 1 aliphatic rings. The first-order valence-electron chi connectivity index (χ1n) is 13.4. The monoisotopic (exact) mass is 605 g/mol. The lowest BCUT2D eigenvalue weighted by Crippen LogP contribution is -2.50. The second-order valence-electron chi connectivity index (χ2n) is 10.7. The number of carbonyl (C=O) groups excluding carboxylic acids is 1. The van der Waals surface area contributed by atoms with E-state index in [4.69, 9.17) is 4.74 Å². The van der Waals surface area contributed by atoms with E-state index in [1.54, 1.807) is 26.0 Å². The van der Waals surface area contributed by atoms with Crippen molar-refractivity contribution >= 4 is 21.7 Å². The van der Waals surface area contributed by atoms with Gasteiger partial charge in [0.2, 0.25) is 10.0 Å². The Labute approximate surface area is 243 Å². The molecular formula is C30H34F3N3O5S. The number of hydrogen-bond donors (Lipinski definition) is 2. The van der Waals surface area contributed by atoms with Gasteiger partial charge in [-0.1, -0.05) is 42.8 Å². The summed E-state index contributed by atoms with van der Waals surface area (Å²) < 4.78 is 73.7. The Bertz CT molecular complexity index is 1510. The molecule has 3 aromatic rings. The molecule has 3 atom stereocenters. The molecule has 12 heteroatoms. The number of halogens is 3. The molecule has 0 aromatic heterocycles. The lowest BCUT2D eigenvalue weighted by atomic mass is 10.0. The number of aliphatic hydroxyl groups excluding tert-OH is 1. The molecule has 0 saturated heterocycles. The molecule has 4 rings (SSSR count). The van der Waals surface area contributed by atoms with Crippen molar-refractivity contribution in [2.75, 3.05) is 32.1 Å². The number of benzene rings is 3. The Hall–Kier alpha value is -3.61. The first-order valence-corrected chi connectivity index (χ1v) is 14.8. The van der Waals surface area contributed by atoms with Crippen molar-refractivity contribution < 1.29 is 36.2 Å². The van der Waals surface area contributed by atoms with Crippen LogP contribution in [0.25, 0.3) is 11.1 Å². The Kier molecular flexibility index (Phi) is 9.19. The number of hydrogen-bond acceptors (Lipinski definition) is 5. The number of nitrogens with one attached hydrogen (secondary N) is 1. The molecular weight excluding hydrogens is 571 g/mol. The van der Waals surface area contributed by atoms with E-state index in [-0.39, 0.29) is 36.0 Å². The summed E-state index contributed by atoms with van der Waals surface area (Å²) in [6.45, 7) is 5.07. The van der Waals surface area contributed by atoms with Gasteiger partial charge in [-0.05, 0) is 61.4 Å². The van der Waals surface area contributed by atoms with Crippen molar-refractivity contribution in [3.8, 4) is 16.9 Å². The number of likely N-dealkylation sites (N-methyl/N-ethyl adjacent to an activating group) is 1. The molecule has 1 aliphatic heterocycles. The van der Waals surface area contributed by atoms with Crippen LogP contribution in [0.4, 0.5) is 23.7 Å². The van der Waals surface area contributed by atoms with Crippen LogP contribution in [0.2, 0.25) is 0 Å². The number of aryl methyl sites for hydroxylation is 1. The summed E-state index contributed by atoms with van der Waals surface area (Å²) in [5, 5.41) is 12.4. The topological polar surface area (TPSA) is 99.2 Å². The van der Waals surface area contributed by atoms with Gasteiger partial charge in [0.15, 0.2) is 0 Å². The Morgan fingerprint density at radius 2 is 1.71 bits per heavy atom. The minimum atomic E-state index is -4.49. The van der Waals surface area contributed by atoms with E-state index < -0.39 is 45.9 Å². The zero-order valence-electron chi connectivity index (χ0n) is 23.7. The van der Waals surface area contributed by atoms with Gasteiger partial charge >= 0.3 is 12.2 Å². The lowest BCUT2D eigenvalue weighted by Gasteiger charge is -2.37. The number of carbonyl (C=O) groups is 1. The van der Waals surface area contributed by atoms with Crippen molar-refractivity contribution in [3.63, 3.8) is 0 Å². The van der Waals surface area contributed by atoms with E-state index in [0.29, 0.717) is 0 Å². The van der Waals surface area contributed by atoms with Gasteiger partial charge in [-0.15, -0.1) is 0 Å². The van der Waals surface area contributed by atoms with Crippen molar-refractivity contribution in [1.29, 1.82) is 0 Å². The number of aliphatic hydroxyl groups is 1. The number of ether oxygens (including phenoxy) is 1. The number of nitrogens with zero attached hydrogens (tertiary/aromatic N) is 2. The van der Waals surface area contributed by atoms with Crippen molar-refractivity contribution in [2.24, 2.45) is 5.92 Å². The highest BCUT2D eigenvalue weighted by molar-refractivity contribution is 7.89. The van der Waals surface area contributed by atoms with Gasteiger partial charge in [0.1, 0.15) is 16.7 Å². The number of urea groups is 1. The second kappa shape index (κ2) is 12.3. The third kappa shape index (κ3) is 6.88. The molecule has 0 radical (unpaired) electrons. The molecule has 8 nitrogen and oxygen atoms in total. The van der Waals surface area contributed by atoms with Crippen LogP contribution in [-0.2, 0) is 16.2 Å². The zero-order chi connectivity index (χ0) is 30.8. The molecule has 0 aliphatic carbocycles. The van der Waals surface area contributed by atoms with Gasteiger partial charge in [0.05, 0.1) is 18.7 Å². The van der Waals surface area contributed by atoms with Crippen molar-refractivity contribution in [1.82, 2.24) is 9.21 Å². The Morgan fingerprint density at radius 1 is 1.10 bits per heavy atom. The largest absolute Gasteiger partial charge is 0.487 e. The molecule has 0 spiro atoms. The van der Waals surface area contributed by atoms with Crippen LogP contribution >= 0.6 is 0 Å². The first-order chi connectivity index (χ1) is 19.7. The quantitative estimate of drug-likeness (QED) is 0.381. The van der Waals surface area contributed by atoms with Gasteiger partial charge < -0.3 is 20.1 Å². The number of alkyl halides is 3. The van der Waals surface area contributed by atoms with E-state index in [2.05, 4.69) is 5.32 Å². The van der Waals surface area contributed by atoms with E-state index in [0.717, 1.165) is 28.8 Å². The highest BCUT2D eigenvalue weighted by Gasteiger charge is 2.38. The summed E-state index contributed by atoms with van der Waals surface area (Å²) in [6, 6.07) is 15.4. The maximum absolute atomic E-state index is 13.7. The Morgan fingerprint density at radius 3 is 2.31 bits per heavy atom. The van der Waals surface area contributed by atoms with E-state index in [1.165, 1.54) is 34.5 Å². The number of rotatable bonds is 6. The average Bonchev–Trinajstić information content (AvgIpc) is 2.94. The van der Waals surface area contributed by atoms with E-state index in [9.17, 15) is 31.5 Å². The summed E-state index contributed by atoms with van der Waals surface area (Å²) >= 11 is 0. The molecule has 2 amide bonds. The van der Waals surface area contributed by atoms with Gasteiger partial charge in [0.25, 0.3) is 0 Å². The predicted octanol–water partition coefficient (Wildman–Crippen LogP) is 5.61. The zero-order valence-corrected chi connectivity index (χ0v) is 24.5. The fraction of sp³-hybridized carbons (Fsp3) is 0.367. The predicted molar refractivity (Wildman–Crippen MR) is 154 cm³/mol. The second-order valence-corrected chi connectivity index (χ2v) is 12.5. The molecule has 0 saturated carbocycles. The molecule has 2 N–H and O–H groups in total. The van der Waals surface area contributed by atoms with Crippen LogP contribution in [0, 0.1) is 12.8 Å². The van der Waals surface area contributed by atoms with Gasteiger partial charge in [-0.3, -0.25) is 0 Å². The van der Waals surface area contributed by atoms with Crippen LogP contribution in [0.5, 0.6) is 5.75 Å². The number of amides is 2. The highest BCUT2D eigenvalue weighted by Crippen LogP contribution is 2.37. The number of sulfonamides is 1. The maximum atomic E-state index is 13.7. The summed E-state index contributed by atoms with van der Waals surface area (Å²) in [7, 11) is -2.52. The summed E-state index contributed by atoms with van der Waals surface area (Å²) in [5.41, 5.74) is 2.04. The minimum Gasteiger partial charge on any atom is -0.487 e. The van der Waals surface area contributed by atoms with Crippen molar-refractivity contribution in [3.05, 3.63) is 77.9 Å². The van der Waals surface area contributed by atoms with E-state index >= 15 is 0 Å². The van der Waals surface area contributed by atoms with Gasteiger partial charge in [-0.2, -0.15) is 17.5 Å². The van der Waals surface area contributed by atoms with E-state index in [1.807, 2.05) is 31.2 Å². The minimum absolute atomic E-state index is 0.0300. The van der Waals surface area contributed by atoms with Gasteiger partial charge in [-0.25, -0.2) is 13.2 Å². The van der Waals surface area contributed by atoms with Gasteiger partial charge in [0, 0.05) is 31.2 Å². The molecule has 0 bridgehead atoms. The SMILES string of the molecule is Cc1ccc(-c2ccc3c(c2)O[C@H](CN(C)C(=O)Nc2ccc(C(F)(F)F)cc2)[C@H](C)CN([C@@H](C)CO)S3(=O)=O)cc1. The van der Waals surface area contributed by atoms with Crippen LogP contribution in [0.1, 0.15) is 25.0 Å². The third-order valence-electron chi connectivity index (χ3n) is 7.32. The number of fused-ring (bicyclic) bond motifs is 1. The van der Waals surface area contributed by atoms with Crippen LogP contribution < -0.4 is 10.1 Å². The summed E-state index contributed by atoms with van der Waals surface area (Å²) in [5.74, 6) is -0.289. The molecule has 42 heavy (non-hydrogen) atoms. The maximum Gasteiger partial charge on any atom is 0.416 e. The fourth-order valence-electron chi connectivity index (χ4n) is 4.68. The third-order valence-corrected chi connectivity index (χ3v) is 9.34. The first kappa shape index (κ1) is 31.3. The molecule has 3 aromatic carbocycles. The van der Waals surface area contributed by atoms with Crippen molar-refractivity contribution in [2.45, 2.75) is 44.0 Å². The normalized spacial score (nSPS) is 19.5. The Balaban J connectivity index is 1.63. The summed E-state index contributed by atoms with van der Waals surface area (Å²) in [6.07, 6.45) is -5.15. The van der Waals surface area contributed by atoms with Crippen LogP contribution in [0.15, 0.2) is 71.6 Å². The number of anilines is 1. The highest BCUT2D eigenvalue weighted by atomic mass is 32.2. The molecule has 1 heterocycles. The fourth-order valence-corrected chi connectivity index (χ4v) is 6.51. The van der Waals surface area contributed by atoms with Crippen LogP contribution in [-0.4, -0.2) is 67.7 Å². The van der Waals surface area contributed by atoms with Crippen LogP contribution in [0.3, 0.4) is 0 Å². The molecule has 0 unspecified atom stereocenters. The standard InChI is InChI=1S/C30H34F3N3O5S/c1-19-5-7-22(8-6-19)23-9-14-28-26(15-23)41-27(20(2)16-36(21(3)18-37)42(28,39)40)17-35(4)29(38)34-25-12-10-24(11-13-25)30(31,32)33/h5-15,20-21,27,37H,16-18H2,1-4H3,(H,34,38)/t20-,21+,27-/m1/s1. The summed E-state index contributed by atoms with van der Waals surface area (Å²) in [4.78, 5) is 14.2. The molecule has 226 valence electrons. The average molecular weight is 606 g/mol. The smallest absolute Gasteiger partial charge is 0.416 e.